The Hall–Kier alpha value is -1.31. The lowest BCUT2D eigenvalue weighted by Gasteiger charge is -2.27. The van der Waals surface area contributed by atoms with Crippen LogP contribution in [0.4, 0.5) is 11.4 Å². The largest absolute Gasteiger partial charge is 0.397 e. The van der Waals surface area contributed by atoms with Crippen molar-refractivity contribution in [3.63, 3.8) is 0 Å². The maximum absolute atomic E-state index is 11.4. The van der Waals surface area contributed by atoms with Gasteiger partial charge in [-0.15, -0.1) is 0 Å². The summed E-state index contributed by atoms with van der Waals surface area (Å²) >= 11 is 0. The average molecular weight is 313 g/mol. The van der Waals surface area contributed by atoms with Gasteiger partial charge in [-0.25, -0.2) is 13.6 Å². The van der Waals surface area contributed by atoms with E-state index in [9.17, 15) is 13.5 Å². The van der Waals surface area contributed by atoms with Gasteiger partial charge in [0.1, 0.15) is 0 Å². The third kappa shape index (κ3) is 4.33. The van der Waals surface area contributed by atoms with Crippen LogP contribution in [0.2, 0.25) is 0 Å². The van der Waals surface area contributed by atoms with E-state index >= 15 is 0 Å². The van der Waals surface area contributed by atoms with Crippen molar-refractivity contribution in [3.05, 3.63) is 18.2 Å². The van der Waals surface area contributed by atoms with Crippen LogP contribution < -0.4 is 16.2 Å². The first kappa shape index (κ1) is 16.1. The van der Waals surface area contributed by atoms with Crippen LogP contribution in [0.25, 0.3) is 0 Å². The lowest BCUT2D eigenvalue weighted by Crippen LogP contribution is -2.36. The summed E-state index contributed by atoms with van der Waals surface area (Å²) in [6, 6.07) is 4.28. The van der Waals surface area contributed by atoms with Crippen molar-refractivity contribution in [2.75, 3.05) is 17.6 Å². The molecule has 0 spiro atoms. The van der Waals surface area contributed by atoms with Crippen LogP contribution in [0.5, 0.6) is 0 Å². The fourth-order valence-corrected chi connectivity index (χ4v) is 3.23. The molecule has 118 valence electrons. The van der Waals surface area contributed by atoms with Gasteiger partial charge in [0, 0.05) is 6.54 Å². The molecule has 6 nitrogen and oxygen atoms in total. The minimum Gasteiger partial charge on any atom is -0.397 e. The lowest BCUT2D eigenvalue weighted by molar-refractivity contribution is 0.0381. The van der Waals surface area contributed by atoms with Gasteiger partial charge in [0.15, 0.2) is 0 Å². The highest BCUT2D eigenvalue weighted by Gasteiger charge is 2.27. The van der Waals surface area contributed by atoms with E-state index in [1.54, 1.807) is 0 Å². The molecule has 2 rings (SSSR count). The number of hydrogen-bond donors (Lipinski definition) is 4. The summed E-state index contributed by atoms with van der Waals surface area (Å²) in [4.78, 5) is 0.00653. The molecule has 1 saturated carbocycles. The average Bonchev–Trinajstić information content (AvgIpc) is 2.62. The molecule has 1 aromatic rings. The zero-order chi connectivity index (χ0) is 15.5. The number of nitrogens with one attached hydrogen (secondary N) is 1. The van der Waals surface area contributed by atoms with Gasteiger partial charge in [-0.1, -0.05) is 25.7 Å². The van der Waals surface area contributed by atoms with Crippen molar-refractivity contribution >= 4 is 21.4 Å². The number of benzene rings is 1. The molecule has 0 bridgehead atoms. The Morgan fingerprint density at radius 3 is 2.38 bits per heavy atom. The van der Waals surface area contributed by atoms with E-state index in [2.05, 4.69) is 5.32 Å². The summed E-state index contributed by atoms with van der Waals surface area (Å²) < 4.78 is 22.7. The van der Waals surface area contributed by atoms with Gasteiger partial charge in [-0.2, -0.15) is 0 Å². The molecule has 0 atom stereocenters. The molecule has 1 aromatic carbocycles. The number of hydrogen-bond acceptors (Lipinski definition) is 5. The van der Waals surface area contributed by atoms with Gasteiger partial charge in [0.05, 0.1) is 21.9 Å². The molecular formula is C14H23N3O3S. The number of rotatable bonds is 4. The highest BCUT2D eigenvalue weighted by atomic mass is 32.2. The van der Waals surface area contributed by atoms with E-state index < -0.39 is 15.6 Å². The van der Waals surface area contributed by atoms with Gasteiger partial charge >= 0.3 is 0 Å². The van der Waals surface area contributed by atoms with Crippen LogP contribution in [0, 0.1) is 0 Å². The van der Waals surface area contributed by atoms with Crippen molar-refractivity contribution in [2.24, 2.45) is 5.14 Å². The molecule has 0 heterocycles. The number of nitrogen functional groups attached to an aromatic ring is 1. The van der Waals surface area contributed by atoms with Crippen molar-refractivity contribution in [1.82, 2.24) is 0 Å². The van der Waals surface area contributed by atoms with Crippen molar-refractivity contribution in [3.8, 4) is 0 Å². The van der Waals surface area contributed by atoms with Crippen molar-refractivity contribution in [1.29, 1.82) is 0 Å². The van der Waals surface area contributed by atoms with E-state index in [-0.39, 0.29) is 4.90 Å². The molecule has 6 N–H and O–H groups in total. The second kappa shape index (κ2) is 6.21. The third-order valence-electron chi connectivity index (χ3n) is 4.00. The molecule has 0 radical (unpaired) electrons. The summed E-state index contributed by atoms with van der Waals surface area (Å²) in [5.74, 6) is 0. The van der Waals surface area contributed by atoms with E-state index in [4.69, 9.17) is 10.9 Å². The van der Waals surface area contributed by atoms with E-state index in [0.717, 1.165) is 38.5 Å². The zero-order valence-corrected chi connectivity index (χ0v) is 12.8. The Balaban J connectivity index is 2.12. The molecule has 21 heavy (non-hydrogen) atoms. The predicted octanol–water partition coefficient (Wildman–Crippen LogP) is 1.41. The number of anilines is 2. The smallest absolute Gasteiger partial charge is 0.238 e. The summed E-state index contributed by atoms with van der Waals surface area (Å²) in [5, 5.41) is 18.8. The number of sulfonamides is 1. The molecule has 1 fully saturated rings. The van der Waals surface area contributed by atoms with Crippen molar-refractivity contribution in [2.45, 2.75) is 49.0 Å². The molecular weight excluding hydrogens is 290 g/mol. The first-order valence-electron chi connectivity index (χ1n) is 7.19. The molecule has 7 heteroatoms. The Bertz CT molecular complexity index is 593. The summed E-state index contributed by atoms with van der Waals surface area (Å²) in [6.07, 6.45) is 5.79. The van der Waals surface area contributed by atoms with Gasteiger partial charge in [-0.05, 0) is 31.0 Å². The summed E-state index contributed by atoms with van der Waals surface area (Å²) in [6.45, 7) is 0.352. The summed E-state index contributed by atoms with van der Waals surface area (Å²) in [5.41, 5.74) is 5.99. The molecule has 0 aromatic heterocycles. The van der Waals surface area contributed by atoms with Gasteiger partial charge < -0.3 is 16.2 Å². The van der Waals surface area contributed by atoms with Gasteiger partial charge in [0.25, 0.3) is 0 Å². The lowest BCUT2D eigenvalue weighted by atomic mass is 9.94. The van der Waals surface area contributed by atoms with Gasteiger partial charge in [-0.3, -0.25) is 0 Å². The van der Waals surface area contributed by atoms with Crippen LogP contribution in [0.1, 0.15) is 38.5 Å². The van der Waals surface area contributed by atoms with E-state index in [0.29, 0.717) is 17.9 Å². The Kier molecular flexibility index (Phi) is 4.75. The Labute approximate surface area is 125 Å². The quantitative estimate of drug-likeness (QED) is 0.495. The molecule has 1 aliphatic rings. The molecule has 0 saturated heterocycles. The number of nitrogens with two attached hydrogens (primary N) is 2. The zero-order valence-electron chi connectivity index (χ0n) is 12.0. The maximum Gasteiger partial charge on any atom is 0.238 e. The van der Waals surface area contributed by atoms with Crippen LogP contribution in [0.3, 0.4) is 0 Å². The highest BCUT2D eigenvalue weighted by Crippen LogP contribution is 2.29. The first-order chi connectivity index (χ1) is 9.80. The topological polar surface area (TPSA) is 118 Å². The van der Waals surface area contributed by atoms with Crippen molar-refractivity contribution < 1.29 is 13.5 Å². The maximum atomic E-state index is 11.4. The van der Waals surface area contributed by atoms with Crippen LogP contribution in [-0.2, 0) is 10.0 Å². The standard InChI is InChI=1S/C14H23N3O3S/c15-12-6-5-11(21(16,19)20)9-13(12)17-10-14(18)7-3-1-2-4-8-14/h5-6,9,17-18H,1-4,7-8,10,15H2,(H2,16,19,20). The predicted molar refractivity (Wildman–Crippen MR) is 83.4 cm³/mol. The Morgan fingerprint density at radius 1 is 1.19 bits per heavy atom. The summed E-state index contributed by atoms with van der Waals surface area (Å²) in [7, 11) is -3.76. The highest BCUT2D eigenvalue weighted by molar-refractivity contribution is 7.89. The monoisotopic (exact) mass is 313 g/mol. The normalized spacial score (nSPS) is 19.0. The Morgan fingerprint density at radius 2 is 1.81 bits per heavy atom. The molecule has 0 unspecified atom stereocenters. The van der Waals surface area contributed by atoms with Crippen LogP contribution in [-0.4, -0.2) is 25.7 Å². The van der Waals surface area contributed by atoms with Crippen LogP contribution >= 0.6 is 0 Å². The van der Waals surface area contributed by atoms with E-state index in [1.165, 1.54) is 18.2 Å². The molecule has 0 amide bonds. The van der Waals surface area contributed by atoms with Gasteiger partial charge in [0.2, 0.25) is 10.0 Å². The fraction of sp³-hybridized carbons (Fsp3) is 0.571. The first-order valence-corrected chi connectivity index (χ1v) is 8.73. The number of aliphatic hydroxyl groups is 1. The third-order valence-corrected chi connectivity index (χ3v) is 4.91. The second-order valence-electron chi connectivity index (χ2n) is 5.79. The second-order valence-corrected chi connectivity index (χ2v) is 7.35. The fourth-order valence-electron chi connectivity index (χ4n) is 2.69. The minimum absolute atomic E-state index is 0.00653. The number of primary sulfonamides is 1. The molecule has 1 aliphatic carbocycles. The SMILES string of the molecule is Nc1ccc(S(N)(=O)=O)cc1NCC1(O)CCCCCC1. The molecule has 0 aliphatic heterocycles. The van der Waals surface area contributed by atoms with E-state index in [1.807, 2.05) is 0 Å². The minimum atomic E-state index is -3.76. The van der Waals surface area contributed by atoms with Crippen LogP contribution in [0.15, 0.2) is 23.1 Å².